The standard InChI is InChI=1S/C34H36N4O5/c1-7-20-16(3)24-13-26-18(5)22(10-9-11-39)32(37-26)23(12-30(40)41)33-31(34(42)43)19(6)27(38-33)15-29-21(8-2)17(4)25(36-29)14-28(20)35-24/h7,11,13-15,18,22,35,38H,1,8-10,12H2,2-6H3,(H,40,41)(H,42,43)/t18-,22?/m0/s1. The predicted octanol–water partition coefficient (Wildman–Crippen LogP) is 7.11. The molecule has 222 valence electrons. The van der Waals surface area contributed by atoms with Gasteiger partial charge in [-0.15, -0.1) is 0 Å². The number of hydrogen-bond acceptors (Lipinski definition) is 5. The SMILES string of the molecule is C=Cc1c(C)c2cc3nc(c(CC(=O)O)c4[nH]c(cc5nc(cc1[nH]2)C(C)=C5CC)c(C)c4C(=O)O)C(CCC=O)[C@@H]3C. The zero-order valence-corrected chi connectivity index (χ0v) is 25.1. The topological polar surface area (TPSA) is 149 Å². The smallest absolute Gasteiger partial charge is 0.338 e. The van der Waals surface area contributed by atoms with Gasteiger partial charge in [0, 0.05) is 51.6 Å². The third-order valence-corrected chi connectivity index (χ3v) is 8.87. The van der Waals surface area contributed by atoms with E-state index in [0.717, 1.165) is 57.4 Å². The van der Waals surface area contributed by atoms with Crippen molar-refractivity contribution in [2.75, 3.05) is 0 Å². The van der Waals surface area contributed by atoms with Gasteiger partial charge in [-0.3, -0.25) is 9.78 Å². The van der Waals surface area contributed by atoms with Crippen molar-refractivity contribution in [2.24, 2.45) is 0 Å². The minimum atomic E-state index is -1.17. The molecule has 0 amide bonds. The molecule has 5 rings (SSSR count). The lowest BCUT2D eigenvalue weighted by molar-refractivity contribution is -0.136. The molecule has 0 aromatic carbocycles. The molecule has 9 nitrogen and oxygen atoms in total. The number of allylic oxidation sites excluding steroid dienone is 2. The first-order valence-electron chi connectivity index (χ1n) is 14.5. The molecule has 4 N–H and O–H groups in total. The molecular formula is C34H36N4O5. The Kier molecular flexibility index (Phi) is 7.92. The second-order valence-electron chi connectivity index (χ2n) is 11.3. The zero-order valence-electron chi connectivity index (χ0n) is 25.1. The summed E-state index contributed by atoms with van der Waals surface area (Å²) in [4.78, 5) is 53.1. The van der Waals surface area contributed by atoms with Gasteiger partial charge in [0.25, 0.3) is 0 Å². The van der Waals surface area contributed by atoms with Crippen molar-refractivity contribution in [2.45, 2.75) is 72.1 Å². The normalized spacial score (nSPS) is 16.4. The number of H-pyrrole nitrogens is 2. The predicted molar refractivity (Wildman–Crippen MR) is 168 cm³/mol. The largest absolute Gasteiger partial charge is 0.481 e. The van der Waals surface area contributed by atoms with E-state index < -0.39 is 18.4 Å². The van der Waals surface area contributed by atoms with E-state index in [4.69, 9.17) is 9.97 Å². The van der Waals surface area contributed by atoms with Crippen LogP contribution in [-0.2, 0) is 16.0 Å². The molecule has 0 spiro atoms. The number of carbonyl (C=O) groups excluding carboxylic acids is 1. The molecule has 9 heteroatoms. The van der Waals surface area contributed by atoms with Gasteiger partial charge in [0.05, 0.1) is 34.6 Å². The van der Waals surface area contributed by atoms with Crippen molar-refractivity contribution in [1.82, 2.24) is 19.9 Å². The Balaban J connectivity index is 2.06. The molecule has 43 heavy (non-hydrogen) atoms. The van der Waals surface area contributed by atoms with E-state index in [-0.39, 0.29) is 29.3 Å². The van der Waals surface area contributed by atoms with Crippen molar-refractivity contribution in [3.05, 3.63) is 75.4 Å². The van der Waals surface area contributed by atoms with Crippen LogP contribution in [0.3, 0.4) is 0 Å². The highest BCUT2D eigenvalue weighted by atomic mass is 16.4. The third kappa shape index (κ3) is 5.09. The Bertz CT molecular complexity index is 1890. The maximum atomic E-state index is 12.7. The van der Waals surface area contributed by atoms with Gasteiger partial charge in [0.1, 0.15) is 6.29 Å². The van der Waals surface area contributed by atoms with E-state index >= 15 is 0 Å². The van der Waals surface area contributed by atoms with Crippen molar-refractivity contribution in [3.8, 4) is 0 Å². The van der Waals surface area contributed by atoms with E-state index in [2.05, 4.69) is 23.5 Å². The number of nitrogens with one attached hydrogen (secondary N) is 2. The fraction of sp³-hybridized carbons (Fsp3) is 0.324. The van der Waals surface area contributed by atoms with Gasteiger partial charge in [0.15, 0.2) is 0 Å². The molecule has 3 aromatic rings. The number of carboxylic acids is 2. The van der Waals surface area contributed by atoms with Gasteiger partial charge in [-0.2, -0.15) is 0 Å². The van der Waals surface area contributed by atoms with E-state index in [9.17, 15) is 24.6 Å². The van der Waals surface area contributed by atoms with Gasteiger partial charge in [-0.25, -0.2) is 9.78 Å². The van der Waals surface area contributed by atoms with Gasteiger partial charge in [-0.1, -0.05) is 26.5 Å². The first kappa shape index (κ1) is 29.7. The number of fused-ring (bicyclic) bond motifs is 8. The van der Waals surface area contributed by atoms with Crippen molar-refractivity contribution in [3.63, 3.8) is 0 Å². The van der Waals surface area contributed by atoms with Crippen LogP contribution in [0, 0.1) is 13.8 Å². The van der Waals surface area contributed by atoms with Crippen molar-refractivity contribution < 1.29 is 24.6 Å². The summed E-state index contributed by atoms with van der Waals surface area (Å²) >= 11 is 0. The van der Waals surface area contributed by atoms with Crippen LogP contribution in [0.25, 0.3) is 39.3 Å². The van der Waals surface area contributed by atoms with Gasteiger partial charge in [0.2, 0.25) is 0 Å². The number of nitrogens with zero attached hydrogens (tertiary/aromatic N) is 2. The molecule has 2 aliphatic heterocycles. The fourth-order valence-electron chi connectivity index (χ4n) is 6.50. The number of rotatable bonds is 8. The molecule has 2 aliphatic rings. The minimum Gasteiger partial charge on any atom is -0.481 e. The Labute approximate surface area is 249 Å². The highest BCUT2D eigenvalue weighted by molar-refractivity contribution is 6.02. The number of aromatic carboxylic acids is 1. The van der Waals surface area contributed by atoms with E-state index in [0.29, 0.717) is 34.5 Å². The maximum absolute atomic E-state index is 12.7. The van der Waals surface area contributed by atoms with Crippen LogP contribution in [0.15, 0.2) is 24.8 Å². The van der Waals surface area contributed by atoms with E-state index in [1.807, 2.05) is 45.0 Å². The van der Waals surface area contributed by atoms with E-state index in [1.54, 1.807) is 6.92 Å². The lowest BCUT2D eigenvalue weighted by Crippen LogP contribution is -2.10. The summed E-state index contributed by atoms with van der Waals surface area (Å²) in [5, 5.41) is 20.4. The van der Waals surface area contributed by atoms with Crippen LogP contribution in [0.4, 0.5) is 0 Å². The Morgan fingerprint density at radius 3 is 2.33 bits per heavy atom. The van der Waals surface area contributed by atoms with Gasteiger partial charge in [-0.05, 0) is 74.1 Å². The molecule has 8 bridgehead atoms. The molecule has 5 heterocycles. The highest BCUT2D eigenvalue weighted by Crippen LogP contribution is 2.42. The Hall–Kier alpha value is -4.79. The Morgan fingerprint density at radius 1 is 1.00 bits per heavy atom. The first-order valence-corrected chi connectivity index (χ1v) is 14.5. The number of aliphatic carboxylic acids is 1. The second kappa shape index (κ2) is 11.5. The quantitative estimate of drug-likeness (QED) is 0.207. The lowest BCUT2D eigenvalue weighted by atomic mass is 9.85. The van der Waals surface area contributed by atoms with Gasteiger partial charge >= 0.3 is 11.9 Å². The summed E-state index contributed by atoms with van der Waals surface area (Å²) in [6.07, 6.45) is 3.65. The van der Waals surface area contributed by atoms with Crippen molar-refractivity contribution >= 4 is 57.5 Å². The maximum Gasteiger partial charge on any atom is 0.338 e. The molecule has 2 atom stereocenters. The molecule has 3 aromatic heterocycles. The summed E-state index contributed by atoms with van der Waals surface area (Å²) < 4.78 is 0. The molecule has 0 aliphatic carbocycles. The van der Waals surface area contributed by atoms with Crippen LogP contribution >= 0.6 is 0 Å². The number of carboxylic acid groups (broad SMARTS) is 2. The molecular weight excluding hydrogens is 544 g/mol. The van der Waals surface area contributed by atoms with Gasteiger partial charge < -0.3 is 25.0 Å². The zero-order chi connectivity index (χ0) is 31.2. The molecule has 0 fully saturated rings. The number of aldehydes is 1. The monoisotopic (exact) mass is 580 g/mol. The number of aryl methyl sites for hydroxylation is 2. The summed E-state index contributed by atoms with van der Waals surface area (Å²) in [5.74, 6) is -2.71. The summed E-state index contributed by atoms with van der Waals surface area (Å²) in [7, 11) is 0. The third-order valence-electron chi connectivity index (χ3n) is 8.87. The van der Waals surface area contributed by atoms with Crippen LogP contribution < -0.4 is 0 Å². The average molecular weight is 581 g/mol. The summed E-state index contributed by atoms with van der Waals surface area (Å²) in [5.41, 5.74) is 9.95. The van der Waals surface area contributed by atoms with Crippen LogP contribution in [-0.4, -0.2) is 48.4 Å². The van der Waals surface area contributed by atoms with E-state index in [1.165, 1.54) is 0 Å². The number of carbonyl (C=O) groups is 3. The number of hydrogen-bond donors (Lipinski definition) is 4. The highest BCUT2D eigenvalue weighted by Gasteiger charge is 2.33. The second-order valence-corrected chi connectivity index (χ2v) is 11.3. The lowest BCUT2D eigenvalue weighted by Gasteiger charge is -2.16. The van der Waals surface area contributed by atoms with Crippen LogP contribution in [0.5, 0.6) is 0 Å². The summed E-state index contributed by atoms with van der Waals surface area (Å²) in [6.45, 7) is 13.8. The molecule has 0 saturated heterocycles. The molecule has 1 unspecified atom stereocenters. The Morgan fingerprint density at radius 2 is 1.70 bits per heavy atom. The van der Waals surface area contributed by atoms with Crippen LogP contribution in [0.1, 0.15) is 107 Å². The van der Waals surface area contributed by atoms with Crippen molar-refractivity contribution in [1.29, 1.82) is 0 Å². The molecule has 0 radical (unpaired) electrons. The molecule has 0 saturated carbocycles. The minimum absolute atomic E-state index is 0.00176. The fourth-order valence-corrected chi connectivity index (χ4v) is 6.50. The first-order chi connectivity index (χ1) is 20.5. The van der Waals surface area contributed by atoms with Crippen LogP contribution in [0.2, 0.25) is 0 Å². The number of aromatic amines is 2. The number of aromatic nitrogens is 4. The average Bonchev–Trinajstić information content (AvgIpc) is 3.63. The summed E-state index contributed by atoms with van der Waals surface area (Å²) in [6, 6.07) is 5.81.